The molecule has 0 bridgehead atoms. The molecule has 0 aliphatic carbocycles. The Kier molecular flexibility index (Phi) is 3.75. The summed E-state index contributed by atoms with van der Waals surface area (Å²) in [6.45, 7) is 4.35. The molecule has 1 heterocycles. The molecule has 3 aromatic rings. The first-order valence-electron chi connectivity index (χ1n) is 7.06. The van der Waals surface area contributed by atoms with Crippen molar-refractivity contribution in [2.24, 2.45) is 0 Å². The smallest absolute Gasteiger partial charge is 0.0511 e. The maximum absolute atomic E-state index is 3.65. The molecule has 0 fully saturated rings. The zero-order valence-corrected chi connectivity index (χ0v) is 12.7. The maximum atomic E-state index is 3.65. The molecule has 0 saturated heterocycles. The minimum absolute atomic E-state index is 0.367. The Morgan fingerprint density at radius 3 is 2.60 bits per heavy atom. The van der Waals surface area contributed by atoms with Crippen molar-refractivity contribution >= 4 is 27.1 Å². The van der Waals surface area contributed by atoms with Crippen LogP contribution < -0.4 is 5.32 Å². The summed E-state index contributed by atoms with van der Waals surface area (Å²) >= 11 is 1.79. The molecule has 0 aliphatic heterocycles. The molecule has 0 spiro atoms. The number of anilines is 1. The van der Waals surface area contributed by atoms with Gasteiger partial charge < -0.3 is 5.32 Å². The summed E-state index contributed by atoms with van der Waals surface area (Å²) in [6, 6.07) is 18.0. The van der Waals surface area contributed by atoms with Crippen molar-refractivity contribution in [1.29, 1.82) is 0 Å². The molecule has 1 unspecified atom stereocenters. The highest BCUT2D eigenvalue weighted by atomic mass is 32.1. The highest BCUT2D eigenvalue weighted by Gasteiger charge is 2.09. The Bertz CT molecular complexity index is 697. The predicted octanol–water partition coefficient (Wildman–Crippen LogP) is 5.77. The Hall–Kier alpha value is -1.80. The number of aryl methyl sites for hydroxylation is 1. The molecule has 0 saturated carbocycles. The van der Waals surface area contributed by atoms with E-state index in [1.165, 1.54) is 26.9 Å². The summed E-state index contributed by atoms with van der Waals surface area (Å²) in [5, 5.41) is 7.11. The molecule has 1 aromatic heterocycles. The van der Waals surface area contributed by atoms with E-state index in [9.17, 15) is 0 Å². The van der Waals surface area contributed by atoms with Crippen molar-refractivity contribution < 1.29 is 0 Å². The highest BCUT2D eigenvalue weighted by Crippen LogP contribution is 2.27. The SMILES string of the molecule is CCC(Nc1ccc2sccc2c1)c1ccc(C)cc1. The molecule has 1 nitrogen and oxygen atoms in total. The second kappa shape index (κ2) is 5.68. The van der Waals surface area contributed by atoms with Gasteiger partial charge in [-0.05, 0) is 53.9 Å². The number of fused-ring (bicyclic) bond motifs is 1. The predicted molar refractivity (Wildman–Crippen MR) is 89.7 cm³/mol. The van der Waals surface area contributed by atoms with Gasteiger partial charge in [-0.25, -0.2) is 0 Å². The van der Waals surface area contributed by atoms with Crippen molar-refractivity contribution in [2.45, 2.75) is 26.3 Å². The molecule has 1 N–H and O–H groups in total. The minimum Gasteiger partial charge on any atom is -0.378 e. The molecule has 0 aliphatic rings. The van der Waals surface area contributed by atoms with E-state index < -0.39 is 0 Å². The van der Waals surface area contributed by atoms with E-state index in [0.29, 0.717) is 6.04 Å². The molecule has 3 rings (SSSR count). The van der Waals surface area contributed by atoms with Crippen molar-refractivity contribution in [3.63, 3.8) is 0 Å². The Morgan fingerprint density at radius 2 is 1.85 bits per heavy atom. The number of thiophene rings is 1. The van der Waals surface area contributed by atoms with Gasteiger partial charge in [0.05, 0.1) is 6.04 Å². The van der Waals surface area contributed by atoms with Gasteiger partial charge in [0, 0.05) is 10.4 Å². The molecule has 20 heavy (non-hydrogen) atoms. The van der Waals surface area contributed by atoms with Gasteiger partial charge >= 0.3 is 0 Å². The fraction of sp³-hybridized carbons (Fsp3) is 0.222. The van der Waals surface area contributed by atoms with Gasteiger partial charge in [-0.15, -0.1) is 11.3 Å². The van der Waals surface area contributed by atoms with Crippen LogP contribution in [0.25, 0.3) is 10.1 Å². The lowest BCUT2D eigenvalue weighted by Gasteiger charge is -2.19. The summed E-state index contributed by atoms with van der Waals surface area (Å²) in [6.07, 6.45) is 1.07. The molecule has 0 amide bonds. The van der Waals surface area contributed by atoms with Crippen LogP contribution in [0.3, 0.4) is 0 Å². The van der Waals surface area contributed by atoms with Gasteiger partial charge in [0.2, 0.25) is 0 Å². The fourth-order valence-corrected chi connectivity index (χ4v) is 3.25. The summed E-state index contributed by atoms with van der Waals surface area (Å²) < 4.78 is 1.35. The van der Waals surface area contributed by atoms with Gasteiger partial charge in [0.1, 0.15) is 0 Å². The van der Waals surface area contributed by atoms with E-state index in [0.717, 1.165) is 6.42 Å². The zero-order valence-electron chi connectivity index (χ0n) is 11.9. The molecule has 2 aromatic carbocycles. The van der Waals surface area contributed by atoms with Gasteiger partial charge in [-0.1, -0.05) is 36.8 Å². The zero-order chi connectivity index (χ0) is 13.9. The average Bonchev–Trinajstić information content (AvgIpc) is 2.93. The number of benzene rings is 2. The van der Waals surface area contributed by atoms with Crippen LogP contribution in [0.15, 0.2) is 53.9 Å². The average molecular weight is 281 g/mol. The molecule has 1 atom stereocenters. The number of nitrogens with one attached hydrogen (secondary N) is 1. The third-order valence-electron chi connectivity index (χ3n) is 3.68. The van der Waals surface area contributed by atoms with Gasteiger partial charge in [-0.3, -0.25) is 0 Å². The lowest BCUT2D eigenvalue weighted by atomic mass is 10.0. The van der Waals surface area contributed by atoms with Crippen molar-refractivity contribution in [2.75, 3.05) is 5.32 Å². The van der Waals surface area contributed by atoms with E-state index in [-0.39, 0.29) is 0 Å². The van der Waals surface area contributed by atoms with Crippen LogP contribution in [-0.2, 0) is 0 Å². The van der Waals surface area contributed by atoms with E-state index in [1.54, 1.807) is 11.3 Å². The summed E-state index contributed by atoms with van der Waals surface area (Å²) in [5.74, 6) is 0. The quantitative estimate of drug-likeness (QED) is 0.640. The molecule has 102 valence electrons. The second-order valence-corrected chi connectivity index (χ2v) is 6.14. The number of hydrogen-bond acceptors (Lipinski definition) is 2. The molecule has 2 heteroatoms. The van der Waals surface area contributed by atoms with Gasteiger partial charge in [0.15, 0.2) is 0 Å². The standard InChI is InChI=1S/C18H19NS/c1-3-17(14-6-4-13(2)5-7-14)19-16-8-9-18-15(12-16)10-11-20-18/h4-12,17,19H,3H2,1-2H3. The maximum Gasteiger partial charge on any atom is 0.0511 e. The van der Waals surface area contributed by atoms with Crippen LogP contribution in [0.2, 0.25) is 0 Å². The first kappa shape index (κ1) is 13.2. The Balaban J connectivity index is 1.84. The minimum atomic E-state index is 0.367. The molecular weight excluding hydrogens is 262 g/mol. The first-order chi connectivity index (χ1) is 9.76. The van der Waals surface area contributed by atoms with Crippen LogP contribution >= 0.6 is 11.3 Å². The van der Waals surface area contributed by atoms with Gasteiger partial charge in [0.25, 0.3) is 0 Å². The lowest BCUT2D eigenvalue weighted by molar-refractivity contribution is 0.749. The summed E-state index contributed by atoms with van der Waals surface area (Å²) in [4.78, 5) is 0. The van der Waals surface area contributed by atoms with E-state index in [2.05, 4.69) is 73.1 Å². The Labute approximate surface area is 124 Å². The van der Waals surface area contributed by atoms with Crippen LogP contribution in [0.1, 0.15) is 30.5 Å². The second-order valence-electron chi connectivity index (χ2n) is 5.19. The van der Waals surface area contributed by atoms with Crippen LogP contribution in [0, 0.1) is 6.92 Å². The summed E-state index contributed by atoms with van der Waals surface area (Å²) in [5.41, 5.74) is 3.86. The largest absolute Gasteiger partial charge is 0.378 e. The topological polar surface area (TPSA) is 12.0 Å². The fourth-order valence-electron chi connectivity index (χ4n) is 2.48. The van der Waals surface area contributed by atoms with E-state index >= 15 is 0 Å². The highest BCUT2D eigenvalue weighted by molar-refractivity contribution is 7.17. The molecular formula is C18H19NS. The van der Waals surface area contributed by atoms with E-state index in [1.807, 2.05) is 0 Å². The Morgan fingerprint density at radius 1 is 1.05 bits per heavy atom. The third-order valence-corrected chi connectivity index (χ3v) is 4.58. The first-order valence-corrected chi connectivity index (χ1v) is 7.94. The number of rotatable bonds is 4. The van der Waals surface area contributed by atoms with Crippen LogP contribution in [-0.4, -0.2) is 0 Å². The summed E-state index contributed by atoms with van der Waals surface area (Å²) in [7, 11) is 0. The van der Waals surface area contributed by atoms with Crippen molar-refractivity contribution in [3.8, 4) is 0 Å². The number of hydrogen-bond donors (Lipinski definition) is 1. The van der Waals surface area contributed by atoms with E-state index in [4.69, 9.17) is 0 Å². The molecule has 0 radical (unpaired) electrons. The van der Waals surface area contributed by atoms with Crippen molar-refractivity contribution in [1.82, 2.24) is 0 Å². The third kappa shape index (κ3) is 2.70. The van der Waals surface area contributed by atoms with Crippen LogP contribution in [0.4, 0.5) is 5.69 Å². The van der Waals surface area contributed by atoms with Gasteiger partial charge in [-0.2, -0.15) is 0 Å². The van der Waals surface area contributed by atoms with Crippen LogP contribution in [0.5, 0.6) is 0 Å². The van der Waals surface area contributed by atoms with Crippen molar-refractivity contribution in [3.05, 3.63) is 65.0 Å². The lowest BCUT2D eigenvalue weighted by Crippen LogP contribution is -2.09. The normalized spacial score (nSPS) is 12.5. The monoisotopic (exact) mass is 281 g/mol.